The fourth-order valence-corrected chi connectivity index (χ4v) is 3.08. The largest absolute Gasteiger partial charge is 0.243 e. The van der Waals surface area contributed by atoms with Crippen LogP contribution < -0.4 is 4.72 Å². The van der Waals surface area contributed by atoms with Gasteiger partial charge in [-0.25, -0.2) is 23.1 Å². The summed E-state index contributed by atoms with van der Waals surface area (Å²) in [5.41, 5.74) is 0. The molecule has 0 aliphatic carbocycles. The second-order valence-electron chi connectivity index (χ2n) is 4.44. The molecular weight excluding hydrogens is 286 g/mol. The van der Waals surface area contributed by atoms with Crippen molar-refractivity contribution in [3.05, 3.63) is 17.7 Å². The molecule has 7 heteroatoms. The normalized spacial score (nSPS) is 13.4. The van der Waals surface area contributed by atoms with Crippen molar-refractivity contribution in [2.24, 2.45) is 0 Å². The van der Waals surface area contributed by atoms with Gasteiger partial charge >= 0.3 is 0 Å². The van der Waals surface area contributed by atoms with E-state index in [2.05, 4.69) is 21.6 Å². The smallest absolute Gasteiger partial charge is 0.225 e. The lowest BCUT2D eigenvalue weighted by molar-refractivity contribution is 0.483. The number of hydrogen-bond acceptors (Lipinski definition) is 4. The number of halogens is 1. The molecule has 0 saturated carbocycles. The van der Waals surface area contributed by atoms with Gasteiger partial charge in [-0.05, 0) is 24.4 Å². The Morgan fingerprint density at radius 1 is 1.21 bits per heavy atom. The Labute approximate surface area is 119 Å². The highest BCUT2D eigenvalue weighted by molar-refractivity contribution is 7.89. The zero-order valence-electron chi connectivity index (χ0n) is 11.3. The number of nitrogens with zero attached hydrogens (tertiary/aromatic N) is 2. The van der Waals surface area contributed by atoms with Crippen molar-refractivity contribution < 1.29 is 8.42 Å². The first-order valence-corrected chi connectivity index (χ1v) is 8.35. The van der Waals surface area contributed by atoms with Gasteiger partial charge in [-0.3, -0.25) is 0 Å². The molecule has 1 rings (SSSR count). The van der Waals surface area contributed by atoms with E-state index >= 15 is 0 Å². The zero-order chi connectivity index (χ0) is 14.3. The quantitative estimate of drug-likeness (QED) is 0.750. The van der Waals surface area contributed by atoms with Crippen LogP contribution in [-0.2, 0) is 10.0 Å². The number of rotatable bonds is 8. The van der Waals surface area contributed by atoms with Gasteiger partial charge in [-0.1, -0.05) is 33.1 Å². The number of aromatic nitrogens is 2. The van der Waals surface area contributed by atoms with Gasteiger partial charge in [0.05, 0.1) is 12.4 Å². The molecule has 1 unspecified atom stereocenters. The molecule has 1 aromatic heterocycles. The summed E-state index contributed by atoms with van der Waals surface area (Å²) in [5.74, 6) is 0. The predicted octanol–water partition coefficient (Wildman–Crippen LogP) is 2.77. The molecule has 0 radical (unpaired) electrons. The summed E-state index contributed by atoms with van der Waals surface area (Å²) in [7, 11) is -3.56. The van der Waals surface area contributed by atoms with Crippen molar-refractivity contribution in [1.82, 2.24) is 14.7 Å². The van der Waals surface area contributed by atoms with Crippen LogP contribution in [0.3, 0.4) is 0 Å². The number of hydrogen-bond donors (Lipinski definition) is 1. The van der Waals surface area contributed by atoms with Gasteiger partial charge in [0, 0.05) is 6.04 Å². The third-order valence-corrected chi connectivity index (χ3v) is 4.44. The van der Waals surface area contributed by atoms with Crippen molar-refractivity contribution >= 4 is 21.6 Å². The second kappa shape index (κ2) is 7.77. The van der Waals surface area contributed by atoms with E-state index in [0.29, 0.717) is 0 Å². The Bertz CT molecular complexity index is 476. The van der Waals surface area contributed by atoms with Crippen molar-refractivity contribution in [3.8, 4) is 0 Å². The highest BCUT2D eigenvalue weighted by Gasteiger charge is 2.20. The van der Waals surface area contributed by atoms with Crippen LogP contribution >= 0.6 is 11.6 Å². The number of sulfonamides is 1. The fraction of sp³-hybridized carbons (Fsp3) is 0.667. The molecule has 1 aromatic rings. The van der Waals surface area contributed by atoms with Gasteiger partial charge in [0.25, 0.3) is 0 Å². The van der Waals surface area contributed by atoms with E-state index in [4.69, 9.17) is 11.6 Å². The number of nitrogens with one attached hydrogen (secondary N) is 1. The molecule has 1 heterocycles. The Hall–Kier alpha value is -0.720. The van der Waals surface area contributed by atoms with Crippen LogP contribution in [0.1, 0.15) is 46.0 Å². The molecular formula is C12H20ClN3O2S. The Morgan fingerprint density at radius 3 is 2.37 bits per heavy atom. The Balaban J connectivity index is 2.78. The van der Waals surface area contributed by atoms with Crippen molar-refractivity contribution in [3.63, 3.8) is 0 Å². The SMILES string of the molecule is CCCCC(CCC)NS(=O)(=O)c1cnc(Cl)nc1. The van der Waals surface area contributed by atoms with Crippen LogP contribution in [0.4, 0.5) is 0 Å². The van der Waals surface area contributed by atoms with Crippen LogP contribution in [0.15, 0.2) is 17.3 Å². The minimum absolute atomic E-state index is 0.0365. The lowest BCUT2D eigenvalue weighted by Crippen LogP contribution is -2.34. The first kappa shape index (κ1) is 16.3. The fourth-order valence-electron chi connectivity index (χ4n) is 1.79. The van der Waals surface area contributed by atoms with Gasteiger partial charge in [-0.15, -0.1) is 0 Å². The summed E-state index contributed by atoms with van der Waals surface area (Å²) in [6.45, 7) is 4.13. The molecule has 0 aliphatic heterocycles. The monoisotopic (exact) mass is 305 g/mol. The highest BCUT2D eigenvalue weighted by Crippen LogP contribution is 2.13. The molecule has 108 valence electrons. The van der Waals surface area contributed by atoms with Gasteiger partial charge in [0.1, 0.15) is 4.90 Å². The second-order valence-corrected chi connectivity index (χ2v) is 6.49. The third kappa shape index (κ3) is 5.42. The molecule has 0 aliphatic rings. The third-order valence-electron chi connectivity index (χ3n) is 2.77. The predicted molar refractivity (Wildman–Crippen MR) is 75.6 cm³/mol. The molecule has 0 spiro atoms. The molecule has 0 fully saturated rings. The first-order valence-electron chi connectivity index (χ1n) is 6.49. The van der Waals surface area contributed by atoms with E-state index in [1.54, 1.807) is 0 Å². The highest BCUT2D eigenvalue weighted by atomic mass is 35.5. The summed E-state index contributed by atoms with van der Waals surface area (Å²) in [5, 5.41) is 0.0371. The Kier molecular flexibility index (Phi) is 6.68. The van der Waals surface area contributed by atoms with E-state index in [1.807, 2.05) is 6.92 Å². The van der Waals surface area contributed by atoms with Crippen LogP contribution in [0.5, 0.6) is 0 Å². The lowest BCUT2D eigenvalue weighted by Gasteiger charge is -2.17. The average molecular weight is 306 g/mol. The van der Waals surface area contributed by atoms with Crippen LogP contribution in [-0.4, -0.2) is 24.4 Å². The van der Waals surface area contributed by atoms with E-state index in [-0.39, 0.29) is 16.2 Å². The van der Waals surface area contributed by atoms with E-state index in [0.717, 1.165) is 32.1 Å². The van der Waals surface area contributed by atoms with Crippen LogP contribution in [0.25, 0.3) is 0 Å². The summed E-state index contributed by atoms with van der Waals surface area (Å²) in [6.07, 6.45) is 7.11. The van der Waals surface area contributed by atoms with Gasteiger partial charge < -0.3 is 0 Å². The van der Waals surface area contributed by atoms with E-state index in [9.17, 15) is 8.42 Å². The van der Waals surface area contributed by atoms with E-state index in [1.165, 1.54) is 12.4 Å². The lowest BCUT2D eigenvalue weighted by atomic mass is 10.1. The summed E-state index contributed by atoms with van der Waals surface area (Å²) >= 11 is 5.55. The average Bonchev–Trinajstić information content (AvgIpc) is 2.36. The van der Waals surface area contributed by atoms with E-state index < -0.39 is 10.0 Å². The maximum absolute atomic E-state index is 12.2. The standard InChI is InChI=1S/C12H20ClN3O2S/c1-3-5-7-10(6-4-2)16-19(17,18)11-8-14-12(13)15-9-11/h8-10,16H,3-7H2,1-2H3. The summed E-state index contributed by atoms with van der Waals surface area (Å²) in [4.78, 5) is 7.44. The molecule has 19 heavy (non-hydrogen) atoms. The van der Waals surface area contributed by atoms with Crippen molar-refractivity contribution in [1.29, 1.82) is 0 Å². The Morgan fingerprint density at radius 2 is 1.84 bits per heavy atom. The molecule has 0 bridgehead atoms. The minimum atomic E-state index is -3.56. The molecule has 0 saturated heterocycles. The van der Waals surface area contributed by atoms with Gasteiger partial charge in [0.15, 0.2) is 0 Å². The number of unbranched alkanes of at least 4 members (excludes halogenated alkanes) is 1. The van der Waals surface area contributed by atoms with Crippen LogP contribution in [0, 0.1) is 0 Å². The summed E-state index contributed by atoms with van der Waals surface area (Å²) in [6, 6.07) is -0.0365. The maximum Gasteiger partial charge on any atom is 0.243 e. The minimum Gasteiger partial charge on any atom is -0.225 e. The molecule has 0 aromatic carbocycles. The van der Waals surface area contributed by atoms with Crippen LogP contribution in [0.2, 0.25) is 5.28 Å². The van der Waals surface area contributed by atoms with Crippen molar-refractivity contribution in [2.45, 2.75) is 56.9 Å². The molecule has 1 atom stereocenters. The molecule has 5 nitrogen and oxygen atoms in total. The van der Waals surface area contributed by atoms with Gasteiger partial charge in [-0.2, -0.15) is 0 Å². The molecule has 0 amide bonds. The zero-order valence-corrected chi connectivity index (χ0v) is 12.8. The topological polar surface area (TPSA) is 72.0 Å². The molecule has 1 N–H and O–H groups in total. The van der Waals surface area contributed by atoms with Gasteiger partial charge in [0.2, 0.25) is 15.3 Å². The summed E-state index contributed by atoms with van der Waals surface area (Å²) < 4.78 is 27.0. The first-order chi connectivity index (χ1) is 8.99. The van der Waals surface area contributed by atoms with Crippen molar-refractivity contribution in [2.75, 3.05) is 0 Å². The maximum atomic E-state index is 12.2.